The summed E-state index contributed by atoms with van der Waals surface area (Å²) in [5, 5.41) is 15.2. The topological polar surface area (TPSA) is 97.4 Å². The quantitative estimate of drug-likeness (QED) is 0.806. The van der Waals surface area contributed by atoms with Crippen molar-refractivity contribution in [3.05, 3.63) is 42.1 Å². The zero-order valence-corrected chi connectivity index (χ0v) is 10.1. The Morgan fingerprint density at radius 2 is 2.26 bits per heavy atom. The van der Waals surface area contributed by atoms with E-state index in [2.05, 4.69) is 10.4 Å². The number of hydrogen-bond donors (Lipinski definition) is 2. The number of carbonyl (C=O) groups excluding carboxylic acids is 1. The SMILES string of the molecule is O=C(O)CCn1nccc1C(=O)NCc1ccco1. The van der Waals surface area contributed by atoms with Gasteiger partial charge in [0.15, 0.2) is 0 Å². The Morgan fingerprint density at radius 3 is 2.95 bits per heavy atom. The molecule has 0 spiro atoms. The third-order valence-corrected chi connectivity index (χ3v) is 2.49. The van der Waals surface area contributed by atoms with Crippen LogP contribution in [0.4, 0.5) is 0 Å². The van der Waals surface area contributed by atoms with E-state index in [0.29, 0.717) is 11.5 Å². The second-order valence-corrected chi connectivity index (χ2v) is 3.85. The Kier molecular flexibility index (Phi) is 3.97. The van der Waals surface area contributed by atoms with Crippen molar-refractivity contribution in [3.8, 4) is 0 Å². The first-order chi connectivity index (χ1) is 9.16. The Bertz CT molecular complexity index is 559. The Balaban J connectivity index is 1.95. The average Bonchev–Trinajstić information content (AvgIpc) is 3.04. The van der Waals surface area contributed by atoms with E-state index < -0.39 is 5.97 Å². The highest BCUT2D eigenvalue weighted by molar-refractivity contribution is 5.92. The van der Waals surface area contributed by atoms with Crippen molar-refractivity contribution in [2.45, 2.75) is 19.5 Å². The lowest BCUT2D eigenvalue weighted by molar-refractivity contribution is -0.137. The maximum atomic E-state index is 11.9. The minimum absolute atomic E-state index is 0.0832. The van der Waals surface area contributed by atoms with Crippen molar-refractivity contribution in [1.82, 2.24) is 15.1 Å². The van der Waals surface area contributed by atoms with Crippen molar-refractivity contribution >= 4 is 11.9 Å². The lowest BCUT2D eigenvalue weighted by Gasteiger charge is -2.06. The van der Waals surface area contributed by atoms with Gasteiger partial charge in [-0.2, -0.15) is 5.10 Å². The highest BCUT2D eigenvalue weighted by Crippen LogP contribution is 2.03. The summed E-state index contributed by atoms with van der Waals surface area (Å²) >= 11 is 0. The first-order valence-electron chi connectivity index (χ1n) is 5.71. The second kappa shape index (κ2) is 5.85. The summed E-state index contributed by atoms with van der Waals surface area (Å²) in [7, 11) is 0. The van der Waals surface area contributed by atoms with Crippen LogP contribution in [0.3, 0.4) is 0 Å². The molecular weight excluding hydrogens is 250 g/mol. The van der Waals surface area contributed by atoms with Gasteiger partial charge in [0.05, 0.1) is 25.8 Å². The van der Waals surface area contributed by atoms with Crippen molar-refractivity contribution in [2.24, 2.45) is 0 Å². The zero-order valence-electron chi connectivity index (χ0n) is 10.1. The van der Waals surface area contributed by atoms with Crippen molar-refractivity contribution in [3.63, 3.8) is 0 Å². The van der Waals surface area contributed by atoms with E-state index in [4.69, 9.17) is 9.52 Å². The average molecular weight is 263 g/mol. The first-order valence-corrected chi connectivity index (χ1v) is 5.71. The number of hydrogen-bond acceptors (Lipinski definition) is 4. The van der Waals surface area contributed by atoms with E-state index in [1.54, 1.807) is 18.2 Å². The molecule has 0 atom stereocenters. The van der Waals surface area contributed by atoms with Crippen LogP contribution in [0.5, 0.6) is 0 Å². The molecule has 2 aromatic rings. The van der Waals surface area contributed by atoms with Gasteiger partial charge in [-0.1, -0.05) is 0 Å². The van der Waals surface area contributed by atoms with Gasteiger partial charge < -0.3 is 14.8 Å². The summed E-state index contributed by atoms with van der Waals surface area (Å²) in [5.74, 6) is -0.610. The van der Waals surface area contributed by atoms with Crippen LogP contribution in [0.25, 0.3) is 0 Å². The Morgan fingerprint density at radius 1 is 1.42 bits per heavy atom. The third-order valence-electron chi connectivity index (χ3n) is 2.49. The number of carboxylic acid groups (broad SMARTS) is 1. The Hall–Kier alpha value is -2.57. The number of amides is 1. The molecule has 0 aliphatic carbocycles. The van der Waals surface area contributed by atoms with Gasteiger partial charge in [-0.3, -0.25) is 14.3 Å². The molecule has 0 unspecified atom stereocenters. The second-order valence-electron chi connectivity index (χ2n) is 3.85. The van der Waals surface area contributed by atoms with Crippen LogP contribution in [-0.4, -0.2) is 26.8 Å². The van der Waals surface area contributed by atoms with E-state index in [-0.39, 0.29) is 25.4 Å². The van der Waals surface area contributed by atoms with Crippen LogP contribution >= 0.6 is 0 Å². The van der Waals surface area contributed by atoms with Gasteiger partial charge in [0.2, 0.25) is 0 Å². The molecule has 100 valence electrons. The van der Waals surface area contributed by atoms with Gasteiger partial charge in [0, 0.05) is 6.20 Å². The number of furan rings is 1. The lowest BCUT2D eigenvalue weighted by atomic mass is 10.3. The van der Waals surface area contributed by atoms with Crippen LogP contribution in [-0.2, 0) is 17.9 Å². The zero-order chi connectivity index (χ0) is 13.7. The smallest absolute Gasteiger partial charge is 0.305 e. The first kappa shape index (κ1) is 12.9. The summed E-state index contributed by atoms with van der Waals surface area (Å²) in [6.07, 6.45) is 2.91. The van der Waals surface area contributed by atoms with Gasteiger partial charge >= 0.3 is 5.97 Å². The number of carbonyl (C=O) groups is 2. The van der Waals surface area contributed by atoms with Crippen LogP contribution in [0.2, 0.25) is 0 Å². The predicted octanol–water partition coefficient (Wildman–Crippen LogP) is 0.881. The molecule has 7 nitrogen and oxygen atoms in total. The molecule has 2 rings (SSSR count). The molecule has 19 heavy (non-hydrogen) atoms. The fourth-order valence-corrected chi connectivity index (χ4v) is 1.58. The summed E-state index contributed by atoms with van der Waals surface area (Å²) < 4.78 is 6.46. The molecule has 1 amide bonds. The van der Waals surface area contributed by atoms with Crippen LogP contribution in [0.15, 0.2) is 35.1 Å². The molecule has 7 heteroatoms. The molecule has 2 aromatic heterocycles. The molecule has 0 radical (unpaired) electrons. The van der Waals surface area contributed by atoms with E-state index in [0.717, 1.165) is 0 Å². The fourth-order valence-electron chi connectivity index (χ4n) is 1.58. The summed E-state index contributed by atoms with van der Waals surface area (Å²) in [6, 6.07) is 5.03. The number of aryl methyl sites for hydroxylation is 1. The van der Waals surface area contributed by atoms with E-state index in [1.165, 1.54) is 17.1 Å². The molecule has 0 aromatic carbocycles. The summed E-state index contributed by atoms with van der Waals surface area (Å²) in [4.78, 5) is 22.4. The van der Waals surface area contributed by atoms with Gasteiger partial charge in [0.1, 0.15) is 11.5 Å². The van der Waals surface area contributed by atoms with Crippen molar-refractivity contribution < 1.29 is 19.1 Å². The minimum Gasteiger partial charge on any atom is -0.481 e. The lowest BCUT2D eigenvalue weighted by Crippen LogP contribution is -2.26. The minimum atomic E-state index is -0.933. The molecule has 0 saturated carbocycles. The third kappa shape index (κ3) is 3.44. The highest BCUT2D eigenvalue weighted by atomic mass is 16.4. The van der Waals surface area contributed by atoms with Crippen LogP contribution in [0.1, 0.15) is 22.7 Å². The van der Waals surface area contributed by atoms with Gasteiger partial charge in [0.25, 0.3) is 5.91 Å². The number of carboxylic acids is 1. The molecule has 2 N–H and O–H groups in total. The number of nitrogens with zero attached hydrogens (tertiary/aromatic N) is 2. The van der Waals surface area contributed by atoms with Crippen molar-refractivity contribution in [1.29, 1.82) is 0 Å². The molecular formula is C12H13N3O4. The Labute approximate surface area is 108 Å². The predicted molar refractivity (Wildman–Crippen MR) is 64.4 cm³/mol. The highest BCUT2D eigenvalue weighted by Gasteiger charge is 2.12. The fraction of sp³-hybridized carbons (Fsp3) is 0.250. The normalized spacial score (nSPS) is 10.3. The summed E-state index contributed by atoms with van der Waals surface area (Å²) in [5.41, 5.74) is 0.327. The number of aromatic nitrogens is 2. The molecule has 0 aliphatic rings. The van der Waals surface area contributed by atoms with Gasteiger partial charge in [-0.15, -0.1) is 0 Å². The van der Waals surface area contributed by atoms with E-state index in [1.807, 2.05) is 0 Å². The van der Waals surface area contributed by atoms with Crippen LogP contribution < -0.4 is 5.32 Å². The number of nitrogens with one attached hydrogen (secondary N) is 1. The maximum Gasteiger partial charge on any atom is 0.305 e. The molecule has 2 heterocycles. The monoisotopic (exact) mass is 263 g/mol. The molecule has 0 fully saturated rings. The standard InChI is InChI=1S/C12H13N3O4/c16-11(17)4-6-15-10(3-5-14-15)12(18)13-8-9-2-1-7-19-9/h1-3,5,7H,4,6,8H2,(H,13,18)(H,16,17). The van der Waals surface area contributed by atoms with Crippen molar-refractivity contribution in [2.75, 3.05) is 0 Å². The molecule has 0 bridgehead atoms. The number of aliphatic carboxylic acids is 1. The van der Waals surface area contributed by atoms with Gasteiger partial charge in [-0.25, -0.2) is 0 Å². The van der Waals surface area contributed by atoms with Crippen LogP contribution in [0, 0.1) is 0 Å². The molecule has 0 saturated heterocycles. The summed E-state index contributed by atoms with van der Waals surface area (Å²) in [6.45, 7) is 0.432. The number of rotatable bonds is 6. The van der Waals surface area contributed by atoms with E-state index >= 15 is 0 Å². The molecule has 0 aliphatic heterocycles. The van der Waals surface area contributed by atoms with Gasteiger partial charge in [-0.05, 0) is 18.2 Å². The maximum absolute atomic E-state index is 11.9. The van der Waals surface area contributed by atoms with E-state index in [9.17, 15) is 9.59 Å². The largest absolute Gasteiger partial charge is 0.481 e.